The average Bonchev–Trinajstić information content (AvgIpc) is 1.87. The van der Waals surface area contributed by atoms with Gasteiger partial charge in [-0.2, -0.15) is 0 Å². The van der Waals surface area contributed by atoms with Crippen molar-refractivity contribution in [2.75, 3.05) is 0 Å². The largest absolute Gasteiger partial charge is 0.432 e. The molecule has 0 aromatic rings. The molecular weight excluding hydrogens is 146 g/mol. The average molecular weight is 161 g/mol. The van der Waals surface area contributed by atoms with Crippen LogP contribution in [0.4, 0.5) is 0 Å². The Balaban J connectivity index is 3.94. The molecule has 0 unspecified atom stereocenters. The van der Waals surface area contributed by atoms with Crippen LogP contribution in [0.25, 0.3) is 0 Å². The van der Waals surface area contributed by atoms with Gasteiger partial charge in [-0.3, -0.25) is 4.79 Å². The fourth-order valence-electron chi connectivity index (χ4n) is 0.382. The highest BCUT2D eigenvalue weighted by atomic mass is 16.7. The Morgan fingerprint density at radius 1 is 1.82 bits per heavy atom. The zero-order chi connectivity index (χ0) is 9.07. The van der Waals surface area contributed by atoms with E-state index in [9.17, 15) is 9.90 Å². The van der Waals surface area contributed by atoms with Gasteiger partial charge in [-0.05, 0) is 6.92 Å². The number of hydrogen-bond donors (Lipinski definition) is 2. The van der Waals surface area contributed by atoms with Crippen molar-refractivity contribution in [1.29, 1.82) is 0 Å². The minimum Gasteiger partial charge on any atom is -0.432 e. The van der Waals surface area contributed by atoms with Crippen molar-refractivity contribution in [3.05, 3.63) is 0 Å². The minimum atomic E-state index is -1.38. The second-order valence-electron chi connectivity index (χ2n) is 2.74. The molecule has 4 nitrogen and oxygen atoms in total. The van der Waals surface area contributed by atoms with Crippen LogP contribution in [0.3, 0.4) is 0 Å². The Morgan fingerprint density at radius 2 is 2.27 bits per heavy atom. The SMILES string of the molecule is CC[C@@](C)(O)OC(=O)[C@H](C)N. The van der Waals surface area contributed by atoms with E-state index in [0.717, 1.165) is 0 Å². The van der Waals surface area contributed by atoms with Gasteiger partial charge in [0, 0.05) is 13.3 Å². The summed E-state index contributed by atoms with van der Waals surface area (Å²) in [5.41, 5.74) is 5.21. The first-order valence-corrected chi connectivity index (χ1v) is 3.60. The van der Waals surface area contributed by atoms with Crippen LogP contribution in [0.2, 0.25) is 0 Å². The fraction of sp³-hybridized carbons (Fsp3) is 0.857. The van der Waals surface area contributed by atoms with Crippen molar-refractivity contribution in [2.45, 2.75) is 39.0 Å². The van der Waals surface area contributed by atoms with Gasteiger partial charge in [-0.15, -0.1) is 0 Å². The summed E-state index contributed by atoms with van der Waals surface area (Å²) in [6.45, 7) is 4.65. The van der Waals surface area contributed by atoms with Crippen LogP contribution in [0.15, 0.2) is 0 Å². The number of aliphatic hydroxyl groups is 1. The van der Waals surface area contributed by atoms with Crippen molar-refractivity contribution in [3.8, 4) is 0 Å². The Hall–Kier alpha value is -0.610. The van der Waals surface area contributed by atoms with Gasteiger partial charge in [0.25, 0.3) is 0 Å². The molecule has 0 rings (SSSR count). The zero-order valence-electron chi connectivity index (χ0n) is 7.13. The molecule has 0 aliphatic carbocycles. The van der Waals surface area contributed by atoms with Gasteiger partial charge in [0.1, 0.15) is 6.04 Å². The first-order valence-electron chi connectivity index (χ1n) is 3.60. The van der Waals surface area contributed by atoms with Crippen LogP contribution >= 0.6 is 0 Å². The normalized spacial score (nSPS) is 18.6. The molecule has 0 aliphatic heterocycles. The second-order valence-corrected chi connectivity index (χ2v) is 2.74. The van der Waals surface area contributed by atoms with Crippen LogP contribution in [0.1, 0.15) is 27.2 Å². The molecule has 0 amide bonds. The van der Waals surface area contributed by atoms with E-state index in [1.807, 2.05) is 0 Å². The van der Waals surface area contributed by atoms with Crippen LogP contribution in [0.5, 0.6) is 0 Å². The molecule has 11 heavy (non-hydrogen) atoms. The van der Waals surface area contributed by atoms with E-state index in [1.165, 1.54) is 13.8 Å². The maximum Gasteiger partial charge on any atom is 0.325 e. The van der Waals surface area contributed by atoms with Crippen molar-refractivity contribution in [2.24, 2.45) is 5.73 Å². The molecule has 0 saturated carbocycles. The number of carbonyl (C=O) groups excluding carboxylic acids is 1. The van der Waals surface area contributed by atoms with Gasteiger partial charge in [-0.25, -0.2) is 0 Å². The van der Waals surface area contributed by atoms with Crippen LogP contribution < -0.4 is 5.73 Å². The smallest absolute Gasteiger partial charge is 0.325 e. The first kappa shape index (κ1) is 10.4. The second kappa shape index (κ2) is 3.69. The fourth-order valence-corrected chi connectivity index (χ4v) is 0.382. The molecular formula is C7H15NO3. The van der Waals surface area contributed by atoms with E-state index in [-0.39, 0.29) is 0 Å². The third-order valence-electron chi connectivity index (χ3n) is 1.35. The summed E-state index contributed by atoms with van der Waals surface area (Å²) < 4.78 is 4.64. The predicted octanol–water partition coefficient (Wildman–Crippen LogP) is -0.00470. The van der Waals surface area contributed by atoms with Crippen LogP contribution in [-0.2, 0) is 9.53 Å². The van der Waals surface area contributed by atoms with Crippen LogP contribution in [-0.4, -0.2) is 22.9 Å². The van der Waals surface area contributed by atoms with Crippen molar-refractivity contribution < 1.29 is 14.6 Å². The Kier molecular flexibility index (Phi) is 3.48. The summed E-state index contributed by atoms with van der Waals surface area (Å²) in [6, 6.07) is -0.687. The number of esters is 1. The maximum atomic E-state index is 10.8. The molecule has 0 aromatic carbocycles. The van der Waals surface area contributed by atoms with Crippen molar-refractivity contribution in [1.82, 2.24) is 0 Å². The standard InChI is InChI=1S/C7H15NO3/c1-4-7(3,10)11-6(9)5(2)8/h5,10H,4,8H2,1-3H3/t5-,7-/m0/s1. The Bertz CT molecular complexity index is 143. The molecule has 2 atom stereocenters. The van der Waals surface area contributed by atoms with Gasteiger partial charge in [-0.1, -0.05) is 6.92 Å². The van der Waals surface area contributed by atoms with Crippen LogP contribution in [0, 0.1) is 0 Å². The van der Waals surface area contributed by atoms with E-state index in [1.54, 1.807) is 6.92 Å². The van der Waals surface area contributed by atoms with E-state index >= 15 is 0 Å². The Labute approximate surface area is 66.3 Å². The van der Waals surface area contributed by atoms with Crippen molar-refractivity contribution in [3.63, 3.8) is 0 Å². The first-order chi connectivity index (χ1) is 4.89. The van der Waals surface area contributed by atoms with E-state index in [2.05, 4.69) is 4.74 Å². The minimum absolute atomic E-state index is 0.353. The molecule has 0 saturated heterocycles. The molecule has 66 valence electrons. The summed E-state index contributed by atoms with van der Waals surface area (Å²) in [4.78, 5) is 10.8. The van der Waals surface area contributed by atoms with Gasteiger partial charge in [0.2, 0.25) is 5.79 Å². The molecule has 4 heteroatoms. The molecule has 0 aromatic heterocycles. The lowest BCUT2D eigenvalue weighted by atomic mass is 10.2. The Morgan fingerprint density at radius 3 is 2.55 bits per heavy atom. The maximum absolute atomic E-state index is 10.8. The lowest BCUT2D eigenvalue weighted by molar-refractivity contribution is -0.203. The quantitative estimate of drug-likeness (QED) is 0.451. The van der Waals surface area contributed by atoms with E-state index in [4.69, 9.17) is 5.73 Å². The lowest BCUT2D eigenvalue weighted by Crippen LogP contribution is -2.38. The number of rotatable bonds is 3. The highest BCUT2D eigenvalue weighted by Gasteiger charge is 2.24. The molecule has 0 heterocycles. The number of carbonyl (C=O) groups is 1. The number of ether oxygens (including phenoxy) is 1. The monoisotopic (exact) mass is 161 g/mol. The molecule has 0 fully saturated rings. The summed E-state index contributed by atoms with van der Waals surface area (Å²) in [6.07, 6.45) is 0.353. The molecule has 0 spiro atoms. The van der Waals surface area contributed by atoms with Gasteiger partial charge >= 0.3 is 5.97 Å². The van der Waals surface area contributed by atoms with E-state index in [0.29, 0.717) is 6.42 Å². The van der Waals surface area contributed by atoms with Gasteiger partial charge < -0.3 is 15.6 Å². The zero-order valence-corrected chi connectivity index (χ0v) is 7.13. The highest BCUT2D eigenvalue weighted by Crippen LogP contribution is 2.10. The molecule has 3 N–H and O–H groups in total. The molecule has 0 radical (unpaired) electrons. The third-order valence-corrected chi connectivity index (χ3v) is 1.35. The third kappa shape index (κ3) is 3.95. The highest BCUT2D eigenvalue weighted by molar-refractivity contribution is 5.75. The van der Waals surface area contributed by atoms with Crippen molar-refractivity contribution >= 4 is 5.97 Å². The molecule has 0 bridgehead atoms. The number of nitrogens with two attached hydrogens (primary N) is 1. The lowest BCUT2D eigenvalue weighted by Gasteiger charge is -2.22. The van der Waals surface area contributed by atoms with Gasteiger partial charge in [0.15, 0.2) is 0 Å². The molecule has 0 aliphatic rings. The number of hydrogen-bond acceptors (Lipinski definition) is 4. The topological polar surface area (TPSA) is 72.5 Å². The summed E-state index contributed by atoms with van der Waals surface area (Å²) in [5, 5.41) is 9.24. The summed E-state index contributed by atoms with van der Waals surface area (Å²) >= 11 is 0. The van der Waals surface area contributed by atoms with E-state index < -0.39 is 17.8 Å². The predicted molar refractivity (Wildman–Crippen MR) is 40.7 cm³/mol. The van der Waals surface area contributed by atoms with Gasteiger partial charge in [0.05, 0.1) is 0 Å². The summed E-state index contributed by atoms with van der Waals surface area (Å²) in [7, 11) is 0. The summed E-state index contributed by atoms with van der Waals surface area (Å²) in [5.74, 6) is -1.97.